The average Bonchev–Trinajstić information content (AvgIpc) is 3.07. The van der Waals surface area contributed by atoms with Gasteiger partial charge in [0.1, 0.15) is 12.6 Å². The number of primary amides is 1. The second-order valence-electron chi connectivity index (χ2n) is 5.76. The standard InChI is InChI=1S/C17H20N4O3/c1-2-13-15-12(19-10-20-15)8-14(16(18)22)21(13)17(23)24-9-11-6-4-3-5-7-11/h3-7,10,13-14H,2,8-9H2,1H3,(H2,18,22)(H,19,20)/t13-,14-/m0/s1. The van der Waals surface area contributed by atoms with Crippen molar-refractivity contribution in [2.24, 2.45) is 5.73 Å². The van der Waals surface area contributed by atoms with Gasteiger partial charge in [-0.1, -0.05) is 37.3 Å². The van der Waals surface area contributed by atoms with Gasteiger partial charge in [-0.3, -0.25) is 9.69 Å². The molecule has 2 amide bonds. The zero-order chi connectivity index (χ0) is 17.1. The van der Waals surface area contributed by atoms with Crippen LogP contribution in [0.2, 0.25) is 0 Å². The predicted octanol–water partition coefficient (Wildman–Crippen LogP) is 1.91. The van der Waals surface area contributed by atoms with Gasteiger partial charge >= 0.3 is 6.09 Å². The molecule has 1 aliphatic heterocycles. The fourth-order valence-electron chi connectivity index (χ4n) is 3.11. The predicted molar refractivity (Wildman–Crippen MR) is 86.8 cm³/mol. The van der Waals surface area contributed by atoms with Crippen molar-refractivity contribution in [2.45, 2.75) is 38.5 Å². The number of aromatic nitrogens is 2. The van der Waals surface area contributed by atoms with Crippen molar-refractivity contribution < 1.29 is 14.3 Å². The number of nitrogens with two attached hydrogens (primary N) is 1. The Kier molecular flexibility index (Phi) is 4.50. The number of ether oxygens (including phenoxy) is 1. The van der Waals surface area contributed by atoms with Gasteiger partial charge < -0.3 is 15.5 Å². The number of nitrogens with one attached hydrogen (secondary N) is 1. The molecule has 0 saturated heterocycles. The second-order valence-corrected chi connectivity index (χ2v) is 5.76. The highest BCUT2D eigenvalue weighted by molar-refractivity contribution is 5.85. The number of amides is 2. The van der Waals surface area contributed by atoms with E-state index >= 15 is 0 Å². The Morgan fingerprint density at radius 3 is 2.79 bits per heavy atom. The lowest BCUT2D eigenvalue weighted by Crippen LogP contribution is -2.53. The minimum Gasteiger partial charge on any atom is -0.445 e. The van der Waals surface area contributed by atoms with Gasteiger partial charge in [0.05, 0.1) is 23.8 Å². The summed E-state index contributed by atoms with van der Waals surface area (Å²) in [6.45, 7) is 2.09. The van der Waals surface area contributed by atoms with Gasteiger partial charge in [-0.05, 0) is 12.0 Å². The van der Waals surface area contributed by atoms with Gasteiger partial charge in [0, 0.05) is 6.42 Å². The van der Waals surface area contributed by atoms with Crippen LogP contribution >= 0.6 is 0 Å². The van der Waals surface area contributed by atoms with Crippen molar-refractivity contribution in [3.8, 4) is 0 Å². The first kappa shape index (κ1) is 16.0. The largest absolute Gasteiger partial charge is 0.445 e. The molecule has 0 radical (unpaired) electrons. The van der Waals surface area contributed by atoms with Crippen LogP contribution < -0.4 is 5.73 Å². The number of rotatable bonds is 4. The maximum Gasteiger partial charge on any atom is 0.411 e. The van der Waals surface area contributed by atoms with Crippen molar-refractivity contribution in [3.05, 3.63) is 53.6 Å². The summed E-state index contributed by atoms with van der Waals surface area (Å²) >= 11 is 0. The number of imidazole rings is 1. The lowest BCUT2D eigenvalue weighted by atomic mass is 9.94. The smallest absolute Gasteiger partial charge is 0.411 e. The maximum absolute atomic E-state index is 12.6. The molecule has 126 valence electrons. The van der Waals surface area contributed by atoms with Crippen molar-refractivity contribution in [2.75, 3.05) is 0 Å². The van der Waals surface area contributed by atoms with Crippen LogP contribution in [0, 0.1) is 0 Å². The highest BCUT2D eigenvalue weighted by Gasteiger charge is 2.41. The van der Waals surface area contributed by atoms with Crippen molar-refractivity contribution in [1.82, 2.24) is 14.9 Å². The molecule has 2 heterocycles. The van der Waals surface area contributed by atoms with Crippen LogP contribution in [-0.4, -0.2) is 32.9 Å². The normalized spacial score (nSPS) is 19.6. The summed E-state index contributed by atoms with van der Waals surface area (Å²) in [5.41, 5.74) is 8.02. The molecule has 7 nitrogen and oxygen atoms in total. The van der Waals surface area contributed by atoms with Crippen LogP contribution in [0.25, 0.3) is 0 Å². The monoisotopic (exact) mass is 328 g/mol. The van der Waals surface area contributed by atoms with Crippen LogP contribution in [0.15, 0.2) is 36.7 Å². The topological polar surface area (TPSA) is 101 Å². The number of carbonyl (C=O) groups is 2. The summed E-state index contributed by atoms with van der Waals surface area (Å²) in [4.78, 5) is 33.3. The minimum absolute atomic E-state index is 0.147. The number of benzene rings is 1. The van der Waals surface area contributed by atoms with Crippen LogP contribution in [-0.2, 0) is 22.6 Å². The molecule has 0 saturated carbocycles. The maximum atomic E-state index is 12.6. The lowest BCUT2D eigenvalue weighted by molar-refractivity contribution is -0.124. The number of H-pyrrole nitrogens is 1. The van der Waals surface area contributed by atoms with Gasteiger partial charge in [-0.2, -0.15) is 0 Å². The number of hydrogen-bond donors (Lipinski definition) is 2. The van der Waals surface area contributed by atoms with E-state index in [9.17, 15) is 9.59 Å². The second kappa shape index (κ2) is 6.74. The molecule has 3 rings (SSSR count). The summed E-state index contributed by atoms with van der Waals surface area (Å²) in [6.07, 6.45) is 1.95. The fraction of sp³-hybridized carbons (Fsp3) is 0.353. The molecule has 0 spiro atoms. The fourth-order valence-corrected chi connectivity index (χ4v) is 3.11. The molecule has 0 bridgehead atoms. The highest BCUT2D eigenvalue weighted by atomic mass is 16.6. The zero-order valence-electron chi connectivity index (χ0n) is 13.4. The van der Waals surface area contributed by atoms with Crippen LogP contribution in [0.1, 0.15) is 36.3 Å². The summed E-state index contributed by atoms with van der Waals surface area (Å²) in [5.74, 6) is -0.557. The molecule has 0 unspecified atom stereocenters. The Labute approximate surface area is 139 Å². The van der Waals surface area contributed by atoms with E-state index in [2.05, 4.69) is 9.97 Å². The Balaban J connectivity index is 1.82. The van der Waals surface area contributed by atoms with Crippen molar-refractivity contribution in [1.29, 1.82) is 0 Å². The highest BCUT2D eigenvalue weighted by Crippen LogP contribution is 2.34. The number of hydrogen-bond acceptors (Lipinski definition) is 4. The molecule has 2 atom stereocenters. The summed E-state index contributed by atoms with van der Waals surface area (Å²) in [5, 5.41) is 0. The molecule has 1 aromatic heterocycles. The first-order valence-corrected chi connectivity index (χ1v) is 7.92. The molecule has 2 aromatic rings. The van der Waals surface area contributed by atoms with E-state index in [-0.39, 0.29) is 12.6 Å². The minimum atomic E-state index is -0.756. The molecule has 24 heavy (non-hydrogen) atoms. The third-order valence-electron chi connectivity index (χ3n) is 4.27. The van der Waals surface area contributed by atoms with E-state index in [0.29, 0.717) is 12.8 Å². The third kappa shape index (κ3) is 2.97. The molecule has 0 fully saturated rings. The Bertz CT molecular complexity index is 728. The number of fused-ring (bicyclic) bond motifs is 1. The molecule has 0 aliphatic carbocycles. The zero-order valence-corrected chi connectivity index (χ0v) is 13.4. The van der Waals surface area contributed by atoms with Gasteiger partial charge in [-0.15, -0.1) is 0 Å². The van der Waals surface area contributed by atoms with E-state index in [1.165, 1.54) is 4.90 Å². The molecule has 1 aliphatic rings. The summed E-state index contributed by atoms with van der Waals surface area (Å²) in [7, 11) is 0. The van der Waals surface area contributed by atoms with Gasteiger partial charge in [0.15, 0.2) is 0 Å². The molecular formula is C17H20N4O3. The number of nitrogens with zero attached hydrogens (tertiary/aromatic N) is 2. The number of aromatic amines is 1. The summed E-state index contributed by atoms with van der Waals surface area (Å²) < 4.78 is 5.42. The first-order chi connectivity index (χ1) is 11.6. The Morgan fingerprint density at radius 2 is 2.12 bits per heavy atom. The van der Waals surface area contributed by atoms with Gasteiger partial charge in [0.25, 0.3) is 0 Å². The molecule has 1 aromatic carbocycles. The lowest BCUT2D eigenvalue weighted by Gasteiger charge is -2.38. The molecule has 7 heteroatoms. The van der Waals surface area contributed by atoms with Crippen LogP contribution in [0.4, 0.5) is 4.79 Å². The van der Waals surface area contributed by atoms with Crippen LogP contribution in [0.5, 0.6) is 0 Å². The first-order valence-electron chi connectivity index (χ1n) is 7.92. The molecule has 3 N–H and O–H groups in total. The third-order valence-corrected chi connectivity index (χ3v) is 4.27. The van der Waals surface area contributed by atoms with Gasteiger partial charge in [0.2, 0.25) is 5.91 Å². The van der Waals surface area contributed by atoms with Crippen molar-refractivity contribution in [3.63, 3.8) is 0 Å². The van der Waals surface area contributed by atoms with E-state index < -0.39 is 18.0 Å². The number of carbonyl (C=O) groups excluding carboxylic acids is 2. The van der Waals surface area contributed by atoms with E-state index in [1.54, 1.807) is 6.33 Å². The Morgan fingerprint density at radius 1 is 1.38 bits per heavy atom. The quantitative estimate of drug-likeness (QED) is 0.895. The van der Waals surface area contributed by atoms with Crippen LogP contribution in [0.3, 0.4) is 0 Å². The molecular weight excluding hydrogens is 308 g/mol. The SMILES string of the molecule is CC[C@H]1c2[nH]cnc2C[C@@H](C(N)=O)N1C(=O)OCc1ccccc1. The average molecular weight is 328 g/mol. The van der Waals surface area contributed by atoms with E-state index in [0.717, 1.165) is 17.0 Å². The van der Waals surface area contributed by atoms with E-state index in [1.807, 2.05) is 37.3 Å². The van der Waals surface area contributed by atoms with Gasteiger partial charge in [-0.25, -0.2) is 9.78 Å². The summed E-state index contributed by atoms with van der Waals surface area (Å²) in [6, 6.07) is 8.33. The van der Waals surface area contributed by atoms with E-state index in [4.69, 9.17) is 10.5 Å². The Hall–Kier alpha value is -2.83. The van der Waals surface area contributed by atoms with Crippen molar-refractivity contribution >= 4 is 12.0 Å².